The first-order valence-corrected chi connectivity index (χ1v) is 2.08. The van der Waals surface area contributed by atoms with Crippen LogP contribution in [0.25, 0.3) is 0 Å². The molecule has 0 unspecified atom stereocenters. The van der Waals surface area contributed by atoms with Gasteiger partial charge in [0.25, 0.3) is 0 Å². The Kier molecular flexibility index (Phi) is 0.997. The van der Waals surface area contributed by atoms with Gasteiger partial charge in [-0.3, -0.25) is 0 Å². The molecular formula is C4H5N2O2+. The van der Waals surface area contributed by atoms with Crippen molar-refractivity contribution >= 4 is 0 Å². The van der Waals surface area contributed by atoms with Crippen molar-refractivity contribution in [1.29, 1.82) is 0 Å². The normalized spacial score (nSPS) is 9.00. The van der Waals surface area contributed by atoms with Gasteiger partial charge < -0.3 is 5.21 Å². The molecule has 42 valence electrons. The highest BCUT2D eigenvalue weighted by molar-refractivity contribution is 4.65. The van der Waals surface area contributed by atoms with Crippen LogP contribution in [-0.4, -0.2) is 9.94 Å². The molecule has 0 spiro atoms. The van der Waals surface area contributed by atoms with Crippen LogP contribution >= 0.6 is 0 Å². The van der Waals surface area contributed by atoms with Gasteiger partial charge in [-0.25, -0.2) is 0 Å². The van der Waals surface area contributed by atoms with Crippen molar-refractivity contribution in [3.63, 3.8) is 0 Å². The van der Waals surface area contributed by atoms with Crippen molar-refractivity contribution in [3.8, 4) is 0 Å². The van der Waals surface area contributed by atoms with Crippen LogP contribution in [0.2, 0.25) is 0 Å². The predicted octanol–water partition coefficient (Wildman–Crippen LogP) is -0.360. The monoisotopic (exact) mass is 113 g/mol. The Balaban J connectivity index is 3.22. The van der Waals surface area contributed by atoms with Crippen molar-refractivity contribution in [1.82, 2.24) is 4.73 Å². The summed E-state index contributed by atoms with van der Waals surface area (Å²) in [7, 11) is 0. The topological polar surface area (TPSA) is 48.1 Å². The number of nitrogens with zero attached hydrogens (tertiary/aromatic N) is 2. The molecule has 1 aromatic heterocycles. The second-order valence-corrected chi connectivity index (χ2v) is 1.34. The minimum Gasteiger partial charge on any atom is -0.429 e. The molecule has 0 fully saturated rings. The maximum absolute atomic E-state index is 10.2. The van der Waals surface area contributed by atoms with E-state index in [1.165, 1.54) is 24.8 Å². The lowest BCUT2D eigenvalue weighted by Crippen LogP contribution is -2.12. The van der Waals surface area contributed by atoms with Crippen molar-refractivity contribution in [2.75, 3.05) is 0 Å². The van der Waals surface area contributed by atoms with E-state index in [-0.39, 0.29) is 0 Å². The standard InChI is InChI=1S/C4H5N2O2/c7-5-1-2-6(8)4-3-5/h1-4,7H/q+1. The molecule has 8 heavy (non-hydrogen) atoms. The van der Waals surface area contributed by atoms with E-state index >= 15 is 0 Å². The molecule has 0 aliphatic rings. The first kappa shape index (κ1) is 4.83. The van der Waals surface area contributed by atoms with Gasteiger partial charge in [0, 0.05) is 4.91 Å². The lowest BCUT2D eigenvalue weighted by atomic mass is 10.8. The maximum atomic E-state index is 10.2. The molecule has 1 aromatic rings. The van der Waals surface area contributed by atoms with Crippen LogP contribution in [-0.2, 0) is 0 Å². The van der Waals surface area contributed by atoms with Gasteiger partial charge in [-0.15, -0.1) is 0 Å². The largest absolute Gasteiger partial charge is 0.429 e. The SMILES string of the molecule is O=[n+]1ccn(O)cc1. The summed E-state index contributed by atoms with van der Waals surface area (Å²) in [6.45, 7) is 0. The zero-order valence-corrected chi connectivity index (χ0v) is 4.06. The minimum atomic E-state index is 0.590. The van der Waals surface area contributed by atoms with Crippen molar-refractivity contribution in [3.05, 3.63) is 29.7 Å². The number of aromatic nitrogens is 2. The highest BCUT2D eigenvalue weighted by atomic mass is 16.5. The molecule has 1 rings (SSSR count). The quantitative estimate of drug-likeness (QED) is 0.369. The molecule has 0 bridgehead atoms. The summed E-state index contributed by atoms with van der Waals surface area (Å²) >= 11 is 0. The summed E-state index contributed by atoms with van der Waals surface area (Å²) in [5.74, 6) is 0. The molecule has 1 heterocycles. The number of hydrogen-bond acceptors (Lipinski definition) is 2. The second-order valence-electron chi connectivity index (χ2n) is 1.34. The number of hydrogen-bond donors (Lipinski definition) is 1. The van der Waals surface area contributed by atoms with E-state index in [1.54, 1.807) is 0 Å². The average molecular weight is 113 g/mol. The average Bonchev–Trinajstić information content (AvgIpc) is 1.77. The van der Waals surface area contributed by atoms with Gasteiger partial charge in [0.15, 0.2) is 0 Å². The van der Waals surface area contributed by atoms with E-state index < -0.39 is 0 Å². The van der Waals surface area contributed by atoms with E-state index in [0.29, 0.717) is 4.43 Å². The molecule has 0 atom stereocenters. The third-order valence-electron chi connectivity index (χ3n) is 0.733. The molecule has 0 aromatic carbocycles. The predicted molar refractivity (Wildman–Crippen MR) is 25.0 cm³/mol. The third kappa shape index (κ3) is 0.841. The third-order valence-corrected chi connectivity index (χ3v) is 0.733. The maximum Gasteiger partial charge on any atom is 0.247 e. The van der Waals surface area contributed by atoms with Crippen LogP contribution in [0.5, 0.6) is 0 Å². The first-order valence-electron chi connectivity index (χ1n) is 2.08. The molecule has 1 N–H and O–H groups in total. The van der Waals surface area contributed by atoms with E-state index in [2.05, 4.69) is 0 Å². The molecule has 0 amide bonds. The lowest BCUT2D eigenvalue weighted by Gasteiger charge is -1.84. The highest BCUT2D eigenvalue weighted by Crippen LogP contribution is 1.70. The Labute approximate surface area is 45.2 Å². The Morgan fingerprint density at radius 2 is 1.88 bits per heavy atom. The lowest BCUT2D eigenvalue weighted by molar-refractivity contribution is -0.496. The van der Waals surface area contributed by atoms with Gasteiger partial charge >= 0.3 is 0 Å². The van der Waals surface area contributed by atoms with Gasteiger partial charge in [-0.05, 0) is 0 Å². The van der Waals surface area contributed by atoms with E-state index in [0.717, 1.165) is 4.73 Å². The zero-order valence-electron chi connectivity index (χ0n) is 4.06. The van der Waals surface area contributed by atoms with Crippen LogP contribution in [0.3, 0.4) is 0 Å². The van der Waals surface area contributed by atoms with Crippen molar-refractivity contribution in [2.45, 2.75) is 0 Å². The summed E-state index contributed by atoms with van der Waals surface area (Å²) in [5, 5.41) is 8.52. The highest BCUT2D eigenvalue weighted by Gasteiger charge is 1.86. The van der Waals surface area contributed by atoms with Crippen LogP contribution in [0.1, 0.15) is 0 Å². The van der Waals surface area contributed by atoms with E-state index in [9.17, 15) is 4.91 Å². The molecule has 0 saturated carbocycles. The molecular weight excluding hydrogens is 108 g/mol. The Morgan fingerprint density at radius 1 is 1.38 bits per heavy atom. The van der Waals surface area contributed by atoms with Crippen LogP contribution < -0.4 is 4.43 Å². The van der Waals surface area contributed by atoms with Crippen LogP contribution in [0.15, 0.2) is 24.8 Å². The van der Waals surface area contributed by atoms with E-state index in [4.69, 9.17) is 5.21 Å². The summed E-state index contributed by atoms with van der Waals surface area (Å²) < 4.78 is 1.39. The Bertz CT molecular complexity index is 209. The summed E-state index contributed by atoms with van der Waals surface area (Å²) in [6, 6.07) is 0. The van der Waals surface area contributed by atoms with Gasteiger partial charge in [-0.2, -0.15) is 4.73 Å². The summed E-state index contributed by atoms with van der Waals surface area (Å²) in [4.78, 5) is 10.2. The van der Waals surface area contributed by atoms with Crippen LogP contribution in [0.4, 0.5) is 0 Å². The fourth-order valence-electron chi connectivity index (χ4n) is 0.367. The van der Waals surface area contributed by atoms with Gasteiger partial charge in [0.05, 0.1) is 4.43 Å². The first-order chi connectivity index (χ1) is 3.79. The van der Waals surface area contributed by atoms with Crippen molar-refractivity contribution < 1.29 is 9.63 Å². The second kappa shape index (κ2) is 1.65. The smallest absolute Gasteiger partial charge is 0.247 e. The van der Waals surface area contributed by atoms with Gasteiger partial charge in [0.2, 0.25) is 12.4 Å². The van der Waals surface area contributed by atoms with Crippen molar-refractivity contribution in [2.24, 2.45) is 0 Å². The molecule has 0 radical (unpaired) electrons. The zero-order chi connectivity index (χ0) is 5.98. The van der Waals surface area contributed by atoms with Gasteiger partial charge in [-0.1, -0.05) is 0 Å². The minimum absolute atomic E-state index is 0.590. The Morgan fingerprint density at radius 3 is 2.25 bits per heavy atom. The Hall–Kier alpha value is -1.32. The molecule has 4 heteroatoms. The van der Waals surface area contributed by atoms with Crippen LogP contribution in [0, 0.1) is 4.91 Å². The summed E-state index contributed by atoms with van der Waals surface area (Å²) in [5.41, 5.74) is 0. The number of rotatable bonds is 0. The molecule has 0 saturated heterocycles. The van der Waals surface area contributed by atoms with E-state index in [1.807, 2.05) is 0 Å². The molecule has 0 aliphatic heterocycles. The molecule has 4 nitrogen and oxygen atoms in total. The molecule has 0 aliphatic carbocycles. The fourth-order valence-corrected chi connectivity index (χ4v) is 0.367. The van der Waals surface area contributed by atoms with Gasteiger partial charge in [0.1, 0.15) is 12.4 Å². The summed E-state index contributed by atoms with van der Waals surface area (Å²) in [6.07, 6.45) is 4.88. The fraction of sp³-hybridized carbons (Fsp3) is 0.